The van der Waals surface area contributed by atoms with Gasteiger partial charge in [0.25, 0.3) is 5.91 Å². The van der Waals surface area contributed by atoms with Crippen LogP contribution in [0.4, 0.5) is 5.69 Å². The highest BCUT2D eigenvalue weighted by atomic mass is 16.2. The lowest BCUT2D eigenvalue weighted by Crippen LogP contribution is -2.67. The van der Waals surface area contributed by atoms with Crippen molar-refractivity contribution in [2.45, 2.75) is 32.4 Å². The Balaban J connectivity index is 2.08. The molecule has 0 aliphatic carbocycles. The molecule has 0 saturated carbocycles. The van der Waals surface area contributed by atoms with Gasteiger partial charge < -0.3 is 15.5 Å². The van der Waals surface area contributed by atoms with E-state index in [1.54, 1.807) is 0 Å². The molecule has 0 radical (unpaired) electrons. The topological polar surface area (TPSA) is 44.4 Å². The summed E-state index contributed by atoms with van der Waals surface area (Å²) in [5.74, 6) is 0.0744. The molecule has 2 aliphatic rings. The van der Waals surface area contributed by atoms with Crippen molar-refractivity contribution < 1.29 is 4.79 Å². The van der Waals surface area contributed by atoms with Gasteiger partial charge in [-0.05, 0) is 39.1 Å². The zero-order chi connectivity index (χ0) is 13.5. The number of piperidine rings is 1. The number of nitrogens with zero attached hydrogens (tertiary/aromatic N) is 1. The Hall–Kier alpha value is -1.55. The van der Waals surface area contributed by atoms with Crippen molar-refractivity contribution in [3.8, 4) is 0 Å². The highest BCUT2D eigenvalue weighted by Gasteiger charge is 2.43. The van der Waals surface area contributed by atoms with Gasteiger partial charge in [-0.25, -0.2) is 0 Å². The van der Waals surface area contributed by atoms with Crippen LogP contribution in [0, 0.1) is 6.92 Å². The van der Waals surface area contributed by atoms with E-state index in [0.29, 0.717) is 0 Å². The van der Waals surface area contributed by atoms with Crippen LogP contribution < -0.4 is 15.5 Å². The number of carbonyl (C=O) groups excluding carboxylic acids is 1. The van der Waals surface area contributed by atoms with E-state index in [0.717, 1.165) is 49.3 Å². The summed E-state index contributed by atoms with van der Waals surface area (Å²) in [6.07, 6.45) is 1.92. The Bertz CT molecular complexity index is 506. The maximum absolute atomic E-state index is 12.4. The molecule has 2 aliphatic heterocycles. The smallest absolute Gasteiger partial charge is 0.255 e. The fraction of sp³-hybridized carbons (Fsp3) is 0.533. The predicted octanol–water partition coefficient (Wildman–Crippen LogP) is 1.64. The average Bonchev–Trinajstić information content (AvgIpc) is 2.41. The van der Waals surface area contributed by atoms with E-state index in [9.17, 15) is 4.79 Å². The molecule has 1 amide bonds. The van der Waals surface area contributed by atoms with Gasteiger partial charge in [0.2, 0.25) is 0 Å². The molecule has 2 heterocycles. The first-order chi connectivity index (χ1) is 9.16. The Kier molecular flexibility index (Phi) is 2.97. The number of amides is 1. The van der Waals surface area contributed by atoms with Crippen molar-refractivity contribution in [3.05, 3.63) is 29.3 Å². The fourth-order valence-electron chi connectivity index (χ4n) is 3.35. The van der Waals surface area contributed by atoms with Crippen molar-refractivity contribution in [1.82, 2.24) is 10.6 Å². The molecular weight excluding hydrogens is 238 g/mol. The Morgan fingerprint density at radius 2 is 2.05 bits per heavy atom. The Morgan fingerprint density at radius 1 is 1.32 bits per heavy atom. The van der Waals surface area contributed by atoms with Crippen LogP contribution in [0.3, 0.4) is 0 Å². The Labute approximate surface area is 114 Å². The van der Waals surface area contributed by atoms with E-state index in [-0.39, 0.29) is 11.6 Å². The van der Waals surface area contributed by atoms with E-state index >= 15 is 0 Å². The number of fused-ring (bicyclic) bond motifs is 1. The van der Waals surface area contributed by atoms with Gasteiger partial charge in [0.1, 0.15) is 5.66 Å². The van der Waals surface area contributed by atoms with Gasteiger partial charge in [-0.3, -0.25) is 4.79 Å². The average molecular weight is 259 g/mol. The van der Waals surface area contributed by atoms with Gasteiger partial charge >= 0.3 is 0 Å². The van der Waals surface area contributed by atoms with E-state index in [4.69, 9.17) is 0 Å². The van der Waals surface area contributed by atoms with Crippen molar-refractivity contribution in [2.75, 3.05) is 24.5 Å². The molecule has 1 saturated heterocycles. The van der Waals surface area contributed by atoms with Gasteiger partial charge in [-0.2, -0.15) is 0 Å². The molecule has 1 spiro atoms. The van der Waals surface area contributed by atoms with Gasteiger partial charge in [0.05, 0.1) is 11.3 Å². The molecule has 102 valence electrons. The SMILES string of the molecule is CCN1c2ccc(C)cc2C(=O)NC12CCNCC2. The van der Waals surface area contributed by atoms with Crippen molar-refractivity contribution in [3.63, 3.8) is 0 Å². The monoisotopic (exact) mass is 259 g/mol. The van der Waals surface area contributed by atoms with Crippen LogP contribution in [-0.4, -0.2) is 31.2 Å². The van der Waals surface area contributed by atoms with Crippen molar-refractivity contribution in [1.29, 1.82) is 0 Å². The molecular formula is C15H21N3O. The first-order valence-corrected chi connectivity index (χ1v) is 7.08. The second-order valence-corrected chi connectivity index (χ2v) is 5.50. The number of rotatable bonds is 1. The van der Waals surface area contributed by atoms with Gasteiger partial charge in [0, 0.05) is 19.4 Å². The number of nitrogens with one attached hydrogen (secondary N) is 2. The molecule has 3 rings (SSSR count). The lowest BCUT2D eigenvalue weighted by atomic mass is 9.90. The van der Waals surface area contributed by atoms with E-state index in [1.807, 2.05) is 13.0 Å². The van der Waals surface area contributed by atoms with E-state index in [1.165, 1.54) is 0 Å². The third-order valence-corrected chi connectivity index (χ3v) is 4.30. The molecule has 4 nitrogen and oxygen atoms in total. The summed E-state index contributed by atoms with van der Waals surface area (Å²) in [6.45, 7) is 7.01. The number of anilines is 1. The third kappa shape index (κ3) is 1.91. The largest absolute Gasteiger partial charge is 0.348 e. The summed E-state index contributed by atoms with van der Waals surface area (Å²) in [6, 6.07) is 6.17. The Morgan fingerprint density at radius 3 is 2.74 bits per heavy atom. The highest BCUT2D eigenvalue weighted by Crippen LogP contribution is 2.36. The van der Waals surface area contributed by atoms with Crippen molar-refractivity contribution in [2.24, 2.45) is 0 Å². The highest BCUT2D eigenvalue weighted by molar-refractivity contribution is 6.02. The summed E-state index contributed by atoms with van der Waals surface area (Å²) in [7, 11) is 0. The lowest BCUT2D eigenvalue weighted by molar-refractivity contribution is 0.0852. The number of carbonyl (C=O) groups is 1. The van der Waals surface area contributed by atoms with E-state index in [2.05, 4.69) is 34.6 Å². The van der Waals surface area contributed by atoms with Crippen LogP contribution in [0.1, 0.15) is 35.7 Å². The fourth-order valence-corrected chi connectivity index (χ4v) is 3.35. The van der Waals surface area contributed by atoms with Crippen LogP contribution in [0.2, 0.25) is 0 Å². The molecule has 0 unspecified atom stereocenters. The summed E-state index contributed by atoms with van der Waals surface area (Å²) >= 11 is 0. The summed E-state index contributed by atoms with van der Waals surface area (Å²) in [5.41, 5.74) is 2.83. The minimum absolute atomic E-state index is 0.0744. The molecule has 1 fully saturated rings. The maximum atomic E-state index is 12.4. The van der Waals surface area contributed by atoms with Crippen LogP contribution in [0.5, 0.6) is 0 Å². The van der Waals surface area contributed by atoms with Crippen molar-refractivity contribution >= 4 is 11.6 Å². The molecule has 1 aromatic rings. The summed E-state index contributed by atoms with van der Waals surface area (Å²) < 4.78 is 0. The molecule has 4 heteroatoms. The number of hydrogen-bond donors (Lipinski definition) is 2. The molecule has 1 aromatic carbocycles. The second kappa shape index (κ2) is 4.53. The minimum atomic E-state index is -0.195. The van der Waals surface area contributed by atoms with E-state index < -0.39 is 0 Å². The first kappa shape index (κ1) is 12.5. The van der Waals surface area contributed by atoms with Crippen LogP contribution in [0.15, 0.2) is 18.2 Å². The third-order valence-electron chi connectivity index (χ3n) is 4.30. The zero-order valence-corrected chi connectivity index (χ0v) is 11.6. The van der Waals surface area contributed by atoms with Gasteiger partial charge in [0.15, 0.2) is 0 Å². The number of benzene rings is 1. The van der Waals surface area contributed by atoms with Crippen LogP contribution in [-0.2, 0) is 0 Å². The lowest BCUT2D eigenvalue weighted by Gasteiger charge is -2.51. The molecule has 19 heavy (non-hydrogen) atoms. The first-order valence-electron chi connectivity index (χ1n) is 7.08. The quantitative estimate of drug-likeness (QED) is 0.806. The summed E-state index contributed by atoms with van der Waals surface area (Å²) in [5, 5.41) is 6.63. The maximum Gasteiger partial charge on any atom is 0.255 e. The summed E-state index contributed by atoms with van der Waals surface area (Å²) in [4.78, 5) is 14.8. The molecule has 0 atom stereocenters. The molecule has 2 N–H and O–H groups in total. The van der Waals surface area contributed by atoms with Crippen LogP contribution in [0.25, 0.3) is 0 Å². The second-order valence-electron chi connectivity index (χ2n) is 5.50. The zero-order valence-electron chi connectivity index (χ0n) is 11.6. The minimum Gasteiger partial charge on any atom is -0.348 e. The predicted molar refractivity (Wildman–Crippen MR) is 76.5 cm³/mol. The van der Waals surface area contributed by atoms with Gasteiger partial charge in [-0.15, -0.1) is 0 Å². The van der Waals surface area contributed by atoms with Gasteiger partial charge in [-0.1, -0.05) is 11.6 Å². The molecule has 0 aromatic heterocycles. The number of hydrogen-bond acceptors (Lipinski definition) is 3. The standard InChI is InChI=1S/C15H21N3O/c1-3-18-13-5-4-11(2)10-12(13)14(19)17-15(18)6-8-16-9-7-15/h4-5,10,16H,3,6-9H2,1-2H3,(H,17,19). The normalized spacial score (nSPS) is 21.2. The molecule has 0 bridgehead atoms. The number of aryl methyl sites for hydroxylation is 1. The van der Waals surface area contributed by atoms with Crippen LogP contribution >= 0.6 is 0 Å².